The van der Waals surface area contributed by atoms with E-state index in [4.69, 9.17) is 12.3 Å². The van der Waals surface area contributed by atoms with Crippen molar-refractivity contribution in [3.05, 3.63) is 70.6 Å². The molecule has 0 unspecified atom stereocenters. The molecule has 0 radical (unpaired) electrons. The average molecular weight is 523 g/mol. The number of hydrogen-bond donors (Lipinski definition) is 1. The van der Waals surface area contributed by atoms with Crippen LogP contribution in [-0.2, 0) is 10.3 Å². The van der Waals surface area contributed by atoms with Crippen LogP contribution in [0.5, 0.6) is 0 Å². The molecule has 10 heteroatoms. The van der Waals surface area contributed by atoms with Gasteiger partial charge < -0.3 is 15.5 Å². The van der Waals surface area contributed by atoms with Gasteiger partial charge in [-0.3, -0.25) is 14.8 Å². The first kappa shape index (κ1) is 25.4. The third-order valence-electron chi connectivity index (χ3n) is 7.71. The van der Waals surface area contributed by atoms with E-state index >= 15 is 4.39 Å². The maximum Gasteiger partial charge on any atom is 0.239 e. The molecule has 3 aliphatic rings. The Morgan fingerprint density at radius 3 is 2.78 bits per heavy atom. The fraction of sp³-hybridized carbons (Fsp3) is 0.407. The minimum atomic E-state index is -1.06. The number of amidine groups is 1. The molecule has 2 N–H and O–H groups in total. The number of nitrogens with two attached hydrogens (primary N) is 1. The van der Waals surface area contributed by atoms with Gasteiger partial charge in [0.1, 0.15) is 16.4 Å². The number of fused-ring (bicyclic) bond motifs is 1. The van der Waals surface area contributed by atoms with Crippen molar-refractivity contribution in [2.75, 3.05) is 27.2 Å². The largest absolute Gasteiger partial charge is 0.378 e. The summed E-state index contributed by atoms with van der Waals surface area (Å²) in [4.78, 5) is 29.6. The van der Waals surface area contributed by atoms with Gasteiger partial charge >= 0.3 is 0 Å². The fourth-order valence-corrected chi connectivity index (χ4v) is 6.95. The lowest BCUT2D eigenvalue weighted by Crippen LogP contribution is -2.46. The van der Waals surface area contributed by atoms with Gasteiger partial charge in [0.2, 0.25) is 11.6 Å². The lowest BCUT2D eigenvalue weighted by molar-refractivity contribution is -0.131. The van der Waals surface area contributed by atoms with Gasteiger partial charge in [-0.2, -0.15) is 0 Å². The predicted octanol–water partition coefficient (Wildman–Crippen LogP) is 4.44. The van der Waals surface area contributed by atoms with Crippen LogP contribution in [0.1, 0.15) is 36.6 Å². The molecule has 1 saturated heterocycles. The third-order valence-corrected chi connectivity index (χ3v) is 9.00. The van der Waals surface area contributed by atoms with Gasteiger partial charge in [0.05, 0.1) is 17.8 Å². The van der Waals surface area contributed by atoms with E-state index in [1.54, 1.807) is 13.0 Å². The fourth-order valence-electron chi connectivity index (χ4n) is 5.50. The summed E-state index contributed by atoms with van der Waals surface area (Å²) in [5, 5.41) is 0.253. The summed E-state index contributed by atoms with van der Waals surface area (Å²) in [5.41, 5.74) is 6.28. The highest BCUT2D eigenvalue weighted by atomic mass is 32.2. The Kier molecular flexibility index (Phi) is 6.32. The molecule has 3 heterocycles. The number of hydrogen-bond acceptors (Lipinski definition) is 6. The van der Waals surface area contributed by atoms with E-state index in [0.717, 1.165) is 6.42 Å². The highest BCUT2D eigenvalue weighted by molar-refractivity contribution is 8.15. The summed E-state index contributed by atoms with van der Waals surface area (Å²) in [7, 11) is 4.03. The van der Waals surface area contributed by atoms with E-state index in [0.29, 0.717) is 36.8 Å². The van der Waals surface area contributed by atoms with Gasteiger partial charge in [-0.1, -0.05) is 23.9 Å². The van der Waals surface area contributed by atoms with Crippen LogP contribution in [0, 0.1) is 18.3 Å². The lowest BCUT2D eigenvalue weighted by Gasteiger charge is -2.35. The maximum atomic E-state index is 15.3. The third kappa shape index (κ3) is 4.40. The molecule has 7 nitrogen and oxygen atoms in total. The minimum absolute atomic E-state index is 0.0346. The summed E-state index contributed by atoms with van der Waals surface area (Å²) < 4.78 is 29.4. The number of rotatable bonds is 5. The van der Waals surface area contributed by atoms with Crippen molar-refractivity contribution in [1.82, 2.24) is 14.8 Å². The number of likely N-dealkylation sites (N-methyl/N-ethyl adjacent to an activating group) is 1. The van der Waals surface area contributed by atoms with Crippen LogP contribution in [0.25, 0.3) is 16.7 Å². The second-order valence-corrected chi connectivity index (χ2v) is 11.6. The Morgan fingerprint density at radius 1 is 1.35 bits per heavy atom. The molecule has 1 aromatic carbocycles. The molecule has 4 atom stereocenters. The molecule has 2 fully saturated rings. The molecule has 0 bridgehead atoms. The van der Waals surface area contributed by atoms with Gasteiger partial charge in [-0.05, 0) is 63.7 Å². The molecule has 2 aliphatic heterocycles. The van der Waals surface area contributed by atoms with E-state index < -0.39 is 21.9 Å². The number of benzene rings is 1. The summed E-state index contributed by atoms with van der Waals surface area (Å²) in [6.07, 6.45) is 4.03. The quantitative estimate of drug-likeness (QED) is 0.588. The summed E-state index contributed by atoms with van der Waals surface area (Å²) >= 11 is 1.28. The Balaban J connectivity index is 1.44. The number of thioether (sulfide) groups is 1. The van der Waals surface area contributed by atoms with Gasteiger partial charge in [0.25, 0.3) is 0 Å². The zero-order valence-corrected chi connectivity index (χ0v) is 21.7. The van der Waals surface area contributed by atoms with Crippen molar-refractivity contribution in [2.24, 2.45) is 16.6 Å². The van der Waals surface area contributed by atoms with Crippen molar-refractivity contribution in [3.8, 4) is 0 Å². The minimum Gasteiger partial charge on any atom is -0.378 e. The zero-order valence-electron chi connectivity index (χ0n) is 20.9. The van der Waals surface area contributed by atoms with Crippen LogP contribution in [0.15, 0.2) is 41.5 Å². The second-order valence-electron chi connectivity index (χ2n) is 10.2. The van der Waals surface area contributed by atoms with Crippen molar-refractivity contribution in [3.63, 3.8) is 0 Å². The van der Waals surface area contributed by atoms with Gasteiger partial charge in [0, 0.05) is 36.8 Å². The Labute approximate surface area is 219 Å². The average Bonchev–Trinajstić information content (AvgIpc) is 3.42. The summed E-state index contributed by atoms with van der Waals surface area (Å²) in [6, 6.07) is 7.57. The van der Waals surface area contributed by atoms with Crippen molar-refractivity contribution < 1.29 is 13.6 Å². The number of amides is 1. The van der Waals surface area contributed by atoms with E-state index in [1.807, 2.05) is 19.0 Å². The Morgan fingerprint density at radius 2 is 2.14 bits per heavy atom. The number of nitrogens with zero attached hydrogens (tertiary/aromatic N) is 5. The maximum absolute atomic E-state index is 15.3. The zero-order chi connectivity index (χ0) is 26.5. The van der Waals surface area contributed by atoms with Gasteiger partial charge in [-0.15, -0.1) is 0 Å². The molecular formula is C27H28F2N6OS. The topological polar surface area (TPSA) is 79.2 Å². The van der Waals surface area contributed by atoms with E-state index in [1.165, 1.54) is 48.3 Å². The molecule has 192 valence electrons. The lowest BCUT2D eigenvalue weighted by atomic mass is 9.84. The first-order valence-electron chi connectivity index (χ1n) is 12.1. The number of pyridine rings is 1. The highest BCUT2D eigenvalue weighted by Crippen LogP contribution is 2.66. The van der Waals surface area contributed by atoms with E-state index in [9.17, 15) is 9.18 Å². The Bertz CT molecular complexity index is 1350. The molecule has 2 aromatic rings. The first-order chi connectivity index (χ1) is 17.6. The first-order valence-corrected chi connectivity index (χ1v) is 12.9. The molecule has 1 aromatic heterocycles. The number of halogens is 2. The smallest absolute Gasteiger partial charge is 0.239 e. The number of aliphatic imine (C=N–C) groups is 1. The van der Waals surface area contributed by atoms with E-state index in [-0.39, 0.29) is 28.3 Å². The van der Waals surface area contributed by atoms with Crippen LogP contribution in [0.2, 0.25) is 0 Å². The normalized spacial score (nSPS) is 29.1. The van der Waals surface area contributed by atoms with Crippen molar-refractivity contribution in [1.29, 1.82) is 0 Å². The standard InChI is InChI=1S/C27H28F2N6OS/c1-26(19-11-16(5-7-20(19)28)12-21(29)22-8-6-17(31-2)14-32-22)23-13-27(23,37-25(30)33-26)24(36)35-10-9-18(15-35)34(3)4/h5-8,11-12,14,18,23H,9-10,13,15H2,1,3-4H3,(H2,30,33)/b21-12-/t18-,23+,26-,27+/m1/s1. The van der Waals surface area contributed by atoms with Crippen LogP contribution in [0.4, 0.5) is 14.5 Å². The number of likely N-dealkylation sites (tertiary alicyclic amines) is 1. The molecule has 0 spiro atoms. The molecule has 5 rings (SSSR count). The molecular weight excluding hydrogens is 494 g/mol. The summed E-state index contributed by atoms with van der Waals surface area (Å²) in [6.45, 7) is 10.2. The SMILES string of the molecule is [C-]#[N+]c1ccc(/C(F)=C/c2ccc(F)c([C@@]3(C)N=C(N)S[C@@]4(C(=O)N5CC[C@@H](N(C)C)C5)C[C@H]43)c2)nc1. The number of carbonyl (C=O) groups excluding carboxylic acids is 1. The van der Waals surface area contributed by atoms with Crippen LogP contribution < -0.4 is 5.73 Å². The number of carbonyl (C=O) groups is 1. The van der Waals surface area contributed by atoms with Crippen LogP contribution in [0.3, 0.4) is 0 Å². The summed E-state index contributed by atoms with van der Waals surface area (Å²) in [5.74, 6) is -1.29. The predicted molar refractivity (Wildman–Crippen MR) is 142 cm³/mol. The van der Waals surface area contributed by atoms with Crippen LogP contribution in [-0.4, -0.2) is 63.8 Å². The van der Waals surface area contributed by atoms with Crippen molar-refractivity contribution >= 4 is 40.4 Å². The molecule has 1 amide bonds. The molecule has 1 saturated carbocycles. The number of aromatic nitrogens is 1. The van der Waals surface area contributed by atoms with Gasteiger partial charge in [-0.25, -0.2) is 13.6 Å². The van der Waals surface area contributed by atoms with Crippen LogP contribution >= 0.6 is 11.8 Å². The molecule has 37 heavy (non-hydrogen) atoms. The second kappa shape index (κ2) is 9.23. The highest BCUT2D eigenvalue weighted by Gasteiger charge is 2.71. The monoisotopic (exact) mass is 522 g/mol. The van der Waals surface area contributed by atoms with E-state index in [2.05, 4.69) is 19.7 Å². The van der Waals surface area contributed by atoms with Crippen molar-refractivity contribution in [2.45, 2.75) is 36.1 Å². The Hall–Kier alpha value is -3.29. The molecule has 1 aliphatic carbocycles. The van der Waals surface area contributed by atoms with Gasteiger partial charge in [0.15, 0.2) is 5.17 Å².